The van der Waals surface area contributed by atoms with Crippen molar-refractivity contribution in [2.75, 3.05) is 4.90 Å². The van der Waals surface area contributed by atoms with Gasteiger partial charge in [-0.25, -0.2) is 0 Å². The van der Waals surface area contributed by atoms with Crippen LogP contribution in [0.4, 0.5) is 11.4 Å². The smallest absolute Gasteiger partial charge is 0.197 e. The number of halogens is 1. The van der Waals surface area contributed by atoms with Crippen LogP contribution >= 0.6 is 11.6 Å². The Morgan fingerprint density at radius 2 is 1.96 bits per heavy atom. The van der Waals surface area contributed by atoms with Gasteiger partial charge in [0.25, 0.3) is 0 Å². The maximum atomic E-state index is 8.04. The summed E-state index contributed by atoms with van der Waals surface area (Å²) in [6.07, 6.45) is 2.61. The van der Waals surface area contributed by atoms with E-state index in [1.54, 1.807) is 11.1 Å². The van der Waals surface area contributed by atoms with E-state index in [4.69, 9.17) is 22.7 Å². The van der Waals surface area contributed by atoms with Crippen molar-refractivity contribution in [2.24, 2.45) is 5.73 Å². The van der Waals surface area contributed by atoms with Crippen LogP contribution in [0.5, 0.6) is 0 Å². The van der Waals surface area contributed by atoms with Crippen molar-refractivity contribution in [3.05, 3.63) is 65.3 Å². The molecule has 0 bridgehead atoms. The summed E-state index contributed by atoms with van der Waals surface area (Å²) < 4.78 is 0. The van der Waals surface area contributed by atoms with Crippen LogP contribution in [-0.2, 0) is 6.42 Å². The van der Waals surface area contributed by atoms with Gasteiger partial charge in [-0.2, -0.15) is 0 Å². The number of nitrogens with two attached hydrogens (primary N) is 1. The molecular weight excluding hydrogens is 308 g/mol. The minimum Gasteiger partial charge on any atom is -0.369 e. The van der Waals surface area contributed by atoms with Crippen LogP contribution in [0.1, 0.15) is 12.5 Å². The Morgan fingerprint density at radius 3 is 2.70 bits per heavy atom. The second-order valence-corrected chi connectivity index (χ2v) is 5.62. The molecule has 0 aliphatic rings. The van der Waals surface area contributed by atoms with Gasteiger partial charge in [-0.1, -0.05) is 42.8 Å². The van der Waals surface area contributed by atoms with Crippen molar-refractivity contribution >= 4 is 39.8 Å². The van der Waals surface area contributed by atoms with Gasteiger partial charge in [0.15, 0.2) is 5.96 Å². The van der Waals surface area contributed by atoms with Crippen LogP contribution in [0.3, 0.4) is 0 Å². The molecular formula is C18H17ClN4. The first-order valence-electron chi connectivity index (χ1n) is 7.38. The van der Waals surface area contributed by atoms with Crippen molar-refractivity contribution < 1.29 is 0 Å². The molecule has 0 aliphatic heterocycles. The number of nitrogens with one attached hydrogen (secondary N) is 1. The Morgan fingerprint density at radius 1 is 1.17 bits per heavy atom. The Labute approximate surface area is 140 Å². The number of hydrogen-bond acceptors (Lipinski definition) is 2. The molecule has 3 aromatic rings. The first-order valence-corrected chi connectivity index (χ1v) is 7.76. The van der Waals surface area contributed by atoms with Gasteiger partial charge in [-0.05, 0) is 36.2 Å². The number of hydrogen-bond donors (Lipinski definition) is 2. The van der Waals surface area contributed by atoms with Crippen molar-refractivity contribution in [3.63, 3.8) is 0 Å². The van der Waals surface area contributed by atoms with E-state index in [9.17, 15) is 0 Å². The highest BCUT2D eigenvalue weighted by Crippen LogP contribution is 2.35. The summed E-state index contributed by atoms with van der Waals surface area (Å²) in [4.78, 5) is 6.08. The van der Waals surface area contributed by atoms with Crippen LogP contribution in [0.25, 0.3) is 10.9 Å². The summed E-state index contributed by atoms with van der Waals surface area (Å²) >= 11 is 6.38. The minimum atomic E-state index is -0.0988. The monoisotopic (exact) mass is 324 g/mol. The third-order valence-electron chi connectivity index (χ3n) is 3.75. The second kappa shape index (κ2) is 6.26. The van der Waals surface area contributed by atoms with Crippen LogP contribution in [0, 0.1) is 5.41 Å². The van der Waals surface area contributed by atoms with Crippen molar-refractivity contribution in [2.45, 2.75) is 13.3 Å². The summed E-state index contributed by atoms with van der Waals surface area (Å²) in [5, 5.41) is 9.58. The first-order chi connectivity index (χ1) is 11.1. The molecule has 116 valence electrons. The topological polar surface area (TPSA) is 66.0 Å². The molecule has 3 rings (SSSR count). The summed E-state index contributed by atoms with van der Waals surface area (Å²) in [5.74, 6) is -0.0988. The molecule has 23 heavy (non-hydrogen) atoms. The predicted molar refractivity (Wildman–Crippen MR) is 96.6 cm³/mol. The lowest BCUT2D eigenvalue weighted by Crippen LogP contribution is -2.32. The van der Waals surface area contributed by atoms with E-state index in [1.807, 2.05) is 48.5 Å². The number of aromatic nitrogens is 1. The minimum absolute atomic E-state index is 0.0988. The van der Waals surface area contributed by atoms with Crippen molar-refractivity contribution in [3.8, 4) is 0 Å². The summed E-state index contributed by atoms with van der Waals surface area (Å²) in [5.41, 5.74) is 9.22. The lowest BCUT2D eigenvalue weighted by molar-refractivity contribution is 1.13. The molecule has 0 unspecified atom stereocenters. The zero-order valence-corrected chi connectivity index (χ0v) is 13.5. The normalized spacial score (nSPS) is 10.7. The fourth-order valence-corrected chi connectivity index (χ4v) is 2.81. The number of rotatable bonds is 3. The van der Waals surface area contributed by atoms with Crippen molar-refractivity contribution in [1.82, 2.24) is 4.98 Å². The van der Waals surface area contributed by atoms with Gasteiger partial charge in [-0.15, -0.1) is 0 Å². The van der Waals surface area contributed by atoms with Gasteiger partial charge in [0, 0.05) is 11.6 Å². The largest absolute Gasteiger partial charge is 0.369 e. The molecule has 0 radical (unpaired) electrons. The fraction of sp³-hybridized carbons (Fsp3) is 0.111. The molecule has 2 aromatic carbocycles. The molecule has 4 nitrogen and oxygen atoms in total. The Hall–Kier alpha value is -2.59. The molecule has 0 amide bonds. The van der Waals surface area contributed by atoms with Gasteiger partial charge >= 0.3 is 0 Å². The molecule has 3 N–H and O–H groups in total. The highest BCUT2D eigenvalue weighted by atomic mass is 35.5. The van der Waals surface area contributed by atoms with Crippen LogP contribution in [0.15, 0.2) is 54.7 Å². The number of aryl methyl sites for hydroxylation is 1. The maximum Gasteiger partial charge on any atom is 0.197 e. The molecule has 0 aliphatic carbocycles. The van der Waals surface area contributed by atoms with Crippen molar-refractivity contribution in [1.29, 1.82) is 5.41 Å². The quantitative estimate of drug-likeness (QED) is 0.551. The summed E-state index contributed by atoms with van der Waals surface area (Å²) in [6.45, 7) is 2.07. The number of para-hydroxylation sites is 1. The van der Waals surface area contributed by atoms with E-state index in [2.05, 4.69) is 11.9 Å². The van der Waals surface area contributed by atoms with E-state index in [1.165, 1.54) is 0 Å². The molecule has 0 saturated carbocycles. The lowest BCUT2D eigenvalue weighted by Gasteiger charge is -2.25. The van der Waals surface area contributed by atoms with E-state index in [-0.39, 0.29) is 5.96 Å². The van der Waals surface area contributed by atoms with Gasteiger partial charge in [0.2, 0.25) is 0 Å². The Bertz CT molecular complexity index is 871. The number of fused-ring (bicyclic) bond motifs is 1. The Balaban J connectivity index is 2.25. The van der Waals surface area contributed by atoms with E-state index >= 15 is 0 Å². The lowest BCUT2D eigenvalue weighted by atomic mass is 10.1. The molecule has 0 saturated heterocycles. The van der Waals surface area contributed by atoms with Gasteiger partial charge in [-0.3, -0.25) is 15.3 Å². The number of pyridine rings is 1. The van der Waals surface area contributed by atoms with Crippen LogP contribution in [0.2, 0.25) is 5.02 Å². The van der Waals surface area contributed by atoms with E-state index in [0.29, 0.717) is 10.7 Å². The summed E-state index contributed by atoms with van der Waals surface area (Å²) in [6, 6.07) is 15.4. The number of nitrogens with zero attached hydrogens (tertiary/aromatic N) is 2. The molecule has 0 fully saturated rings. The number of anilines is 2. The fourth-order valence-electron chi connectivity index (χ4n) is 2.61. The second-order valence-electron chi connectivity index (χ2n) is 5.21. The van der Waals surface area contributed by atoms with Crippen LogP contribution in [-0.4, -0.2) is 10.9 Å². The first kappa shape index (κ1) is 15.3. The predicted octanol–water partition coefficient (Wildman–Crippen LogP) is 4.48. The number of benzene rings is 2. The molecule has 0 atom stereocenters. The third-order valence-corrected chi connectivity index (χ3v) is 4.07. The van der Waals surface area contributed by atoms with E-state index < -0.39 is 0 Å². The zero-order chi connectivity index (χ0) is 16.4. The van der Waals surface area contributed by atoms with E-state index in [0.717, 1.165) is 28.6 Å². The Kier molecular flexibility index (Phi) is 4.17. The zero-order valence-electron chi connectivity index (χ0n) is 12.8. The van der Waals surface area contributed by atoms with Gasteiger partial charge in [0.1, 0.15) is 0 Å². The highest BCUT2D eigenvalue weighted by molar-refractivity contribution is 6.34. The third kappa shape index (κ3) is 2.85. The van der Waals surface area contributed by atoms with Gasteiger partial charge < -0.3 is 5.73 Å². The van der Waals surface area contributed by atoms with Crippen LogP contribution < -0.4 is 10.6 Å². The summed E-state index contributed by atoms with van der Waals surface area (Å²) in [7, 11) is 0. The highest BCUT2D eigenvalue weighted by Gasteiger charge is 2.19. The molecule has 1 heterocycles. The maximum absolute atomic E-state index is 8.04. The standard InChI is InChI=1S/C18H17ClN4/c1-2-12-8-9-14(19)16(11-12)23(18(20)21)15-7-3-5-13-6-4-10-22-17(13)15/h3-11H,2H2,1H3,(H3,20,21). The van der Waals surface area contributed by atoms with Gasteiger partial charge in [0.05, 0.1) is 21.9 Å². The molecule has 5 heteroatoms. The SMILES string of the molecule is CCc1ccc(Cl)c(N(C(=N)N)c2cccc3cccnc23)c1. The number of guanidine groups is 1. The average Bonchev–Trinajstić information content (AvgIpc) is 2.57. The average molecular weight is 325 g/mol. The molecule has 0 spiro atoms. The molecule has 1 aromatic heterocycles.